The molecule has 0 spiro atoms. The Kier molecular flexibility index (Phi) is 3.90. The molecular weight excluding hydrogens is 228 g/mol. The van der Waals surface area contributed by atoms with Crippen LogP contribution in [-0.4, -0.2) is 29.5 Å². The number of carbonyl (C=O) groups is 1. The van der Waals surface area contributed by atoms with Crippen molar-refractivity contribution in [2.75, 3.05) is 12.4 Å². The quantitative estimate of drug-likeness (QED) is 0.859. The summed E-state index contributed by atoms with van der Waals surface area (Å²) >= 11 is 1.66. The van der Waals surface area contributed by atoms with Crippen LogP contribution in [0.3, 0.4) is 0 Å². The van der Waals surface area contributed by atoms with Crippen molar-refractivity contribution in [3.05, 3.63) is 23.7 Å². The summed E-state index contributed by atoms with van der Waals surface area (Å²) < 4.78 is 10.6. The molecule has 0 amide bonds. The van der Waals surface area contributed by atoms with Crippen LogP contribution < -0.4 is 0 Å². The van der Waals surface area contributed by atoms with Gasteiger partial charge in [-0.25, -0.2) is 4.79 Å². The molecule has 2 heterocycles. The van der Waals surface area contributed by atoms with Gasteiger partial charge in [0.15, 0.2) is 0 Å². The highest BCUT2D eigenvalue weighted by Crippen LogP contribution is 2.22. The zero-order valence-corrected chi connectivity index (χ0v) is 9.66. The lowest BCUT2D eigenvalue weighted by atomic mass is 10.3. The van der Waals surface area contributed by atoms with Crippen molar-refractivity contribution in [2.24, 2.45) is 0 Å². The van der Waals surface area contributed by atoms with Gasteiger partial charge >= 0.3 is 5.97 Å². The molecule has 1 atom stereocenters. The van der Waals surface area contributed by atoms with Gasteiger partial charge in [0.2, 0.25) is 0 Å². The van der Waals surface area contributed by atoms with E-state index in [2.05, 4.69) is 0 Å². The normalized spacial score (nSPS) is 20.1. The second-order valence-corrected chi connectivity index (χ2v) is 4.74. The predicted octanol–water partition coefficient (Wildman–Crippen LogP) is 2.39. The van der Waals surface area contributed by atoms with Gasteiger partial charge in [0.25, 0.3) is 0 Å². The number of hydrogen-bond acceptors (Lipinski definition) is 4. The fourth-order valence-electron chi connectivity index (χ4n) is 1.70. The number of furan rings is 1. The van der Waals surface area contributed by atoms with Crippen molar-refractivity contribution >= 4 is 17.7 Å². The fourth-order valence-corrected chi connectivity index (χ4v) is 2.75. The number of ether oxygens (including phenoxy) is 1. The second-order valence-electron chi connectivity index (χ2n) is 3.71. The first-order valence-corrected chi connectivity index (χ1v) is 6.42. The monoisotopic (exact) mass is 242 g/mol. The number of rotatable bonds is 5. The summed E-state index contributed by atoms with van der Waals surface area (Å²) in [7, 11) is 0. The van der Waals surface area contributed by atoms with E-state index in [1.807, 2.05) is 0 Å². The maximum atomic E-state index is 10.8. The lowest BCUT2D eigenvalue weighted by Gasteiger charge is -2.07. The third-order valence-electron chi connectivity index (χ3n) is 2.54. The molecule has 2 rings (SSSR count). The average Bonchev–Trinajstić information content (AvgIpc) is 2.87. The van der Waals surface area contributed by atoms with Crippen LogP contribution in [0.4, 0.5) is 0 Å². The number of carboxylic acid groups (broad SMARTS) is 1. The minimum absolute atomic E-state index is 0.264. The van der Waals surface area contributed by atoms with E-state index >= 15 is 0 Å². The molecule has 5 heteroatoms. The van der Waals surface area contributed by atoms with Crippen molar-refractivity contribution in [3.63, 3.8) is 0 Å². The van der Waals surface area contributed by atoms with E-state index in [4.69, 9.17) is 14.3 Å². The molecule has 0 aromatic carbocycles. The van der Waals surface area contributed by atoms with E-state index < -0.39 is 5.97 Å². The first-order chi connectivity index (χ1) is 7.77. The van der Waals surface area contributed by atoms with Crippen LogP contribution in [0.1, 0.15) is 29.0 Å². The summed E-state index contributed by atoms with van der Waals surface area (Å²) in [6, 6.07) is 1.49. The van der Waals surface area contributed by atoms with Gasteiger partial charge < -0.3 is 14.3 Å². The van der Waals surface area contributed by atoms with Crippen LogP contribution in [0, 0.1) is 0 Å². The first-order valence-electron chi connectivity index (χ1n) is 5.26. The SMILES string of the molecule is O=C(O)c1ccoc1CSCC1CCCO1. The molecule has 1 unspecified atom stereocenters. The molecule has 0 bridgehead atoms. The van der Waals surface area contributed by atoms with Gasteiger partial charge in [-0.05, 0) is 18.9 Å². The Morgan fingerprint density at radius 3 is 3.19 bits per heavy atom. The van der Waals surface area contributed by atoms with E-state index in [1.165, 1.54) is 12.3 Å². The maximum Gasteiger partial charge on any atom is 0.339 e. The highest BCUT2D eigenvalue weighted by molar-refractivity contribution is 7.98. The summed E-state index contributed by atoms with van der Waals surface area (Å²) in [4.78, 5) is 10.8. The Bertz CT molecular complexity index is 355. The Morgan fingerprint density at radius 2 is 2.50 bits per heavy atom. The summed E-state index contributed by atoms with van der Waals surface area (Å²) in [5.74, 6) is 1.10. The van der Waals surface area contributed by atoms with Crippen LogP contribution >= 0.6 is 11.8 Å². The largest absolute Gasteiger partial charge is 0.478 e. The van der Waals surface area contributed by atoms with Crippen LogP contribution in [-0.2, 0) is 10.5 Å². The zero-order valence-electron chi connectivity index (χ0n) is 8.85. The van der Waals surface area contributed by atoms with Gasteiger partial charge in [-0.1, -0.05) is 0 Å². The lowest BCUT2D eigenvalue weighted by Crippen LogP contribution is -2.08. The highest BCUT2D eigenvalue weighted by atomic mass is 32.2. The highest BCUT2D eigenvalue weighted by Gasteiger charge is 2.17. The number of carboxylic acids is 1. The third-order valence-corrected chi connectivity index (χ3v) is 3.61. The van der Waals surface area contributed by atoms with Crippen LogP contribution in [0.15, 0.2) is 16.7 Å². The van der Waals surface area contributed by atoms with E-state index in [0.29, 0.717) is 17.6 Å². The van der Waals surface area contributed by atoms with Crippen molar-refractivity contribution < 1.29 is 19.1 Å². The molecule has 0 aliphatic carbocycles. The summed E-state index contributed by atoms with van der Waals surface area (Å²) in [5, 5.41) is 8.87. The molecule has 88 valence electrons. The smallest absolute Gasteiger partial charge is 0.339 e. The van der Waals surface area contributed by atoms with Crippen LogP contribution in [0.5, 0.6) is 0 Å². The van der Waals surface area contributed by atoms with Crippen molar-refractivity contribution in [1.29, 1.82) is 0 Å². The molecule has 0 saturated carbocycles. The summed E-state index contributed by atoms with van der Waals surface area (Å²) in [6.45, 7) is 0.854. The van der Waals surface area contributed by atoms with E-state index in [0.717, 1.165) is 25.2 Å². The second kappa shape index (κ2) is 5.41. The number of aromatic carboxylic acids is 1. The Labute approximate surface area is 98.0 Å². The summed E-state index contributed by atoms with van der Waals surface area (Å²) in [6.07, 6.45) is 3.99. The van der Waals surface area contributed by atoms with Gasteiger partial charge in [0, 0.05) is 12.4 Å². The number of hydrogen-bond donors (Lipinski definition) is 1. The molecule has 1 aromatic heterocycles. The van der Waals surface area contributed by atoms with Crippen LogP contribution in [0.25, 0.3) is 0 Å². The Balaban J connectivity index is 1.80. The fraction of sp³-hybridized carbons (Fsp3) is 0.545. The Morgan fingerprint density at radius 1 is 1.62 bits per heavy atom. The van der Waals surface area contributed by atoms with E-state index in [9.17, 15) is 4.79 Å². The molecule has 1 aliphatic heterocycles. The van der Waals surface area contributed by atoms with E-state index in [1.54, 1.807) is 11.8 Å². The third kappa shape index (κ3) is 2.80. The molecule has 16 heavy (non-hydrogen) atoms. The maximum absolute atomic E-state index is 10.8. The van der Waals surface area contributed by atoms with Crippen molar-refractivity contribution in [2.45, 2.75) is 24.7 Å². The predicted molar refractivity (Wildman–Crippen MR) is 60.8 cm³/mol. The lowest BCUT2D eigenvalue weighted by molar-refractivity contribution is 0.0695. The van der Waals surface area contributed by atoms with Crippen molar-refractivity contribution in [1.82, 2.24) is 0 Å². The number of thioether (sulfide) groups is 1. The molecule has 1 fully saturated rings. The topological polar surface area (TPSA) is 59.7 Å². The van der Waals surface area contributed by atoms with Gasteiger partial charge in [0.1, 0.15) is 11.3 Å². The molecule has 1 aromatic rings. The zero-order chi connectivity index (χ0) is 11.4. The van der Waals surface area contributed by atoms with Crippen LogP contribution in [0.2, 0.25) is 0 Å². The first kappa shape index (κ1) is 11.5. The molecule has 4 nitrogen and oxygen atoms in total. The molecule has 1 saturated heterocycles. The molecule has 0 radical (unpaired) electrons. The Hall–Kier alpha value is -0.940. The molecule has 1 N–H and O–H groups in total. The van der Waals surface area contributed by atoms with Gasteiger partial charge in [-0.15, -0.1) is 0 Å². The minimum atomic E-state index is -0.929. The minimum Gasteiger partial charge on any atom is -0.478 e. The van der Waals surface area contributed by atoms with Gasteiger partial charge in [-0.2, -0.15) is 11.8 Å². The van der Waals surface area contributed by atoms with Crippen molar-refractivity contribution in [3.8, 4) is 0 Å². The average molecular weight is 242 g/mol. The molecular formula is C11H14O4S. The van der Waals surface area contributed by atoms with E-state index in [-0.39, 0.29) is 5.56 Å². The molecule has 1 aliphatic rings. The standard InChI is InChI=1S/C11H14O4S/c12-11(13)9-3-5-15-10(9)7-16-6-8-2-1-4-14-8/h3,5,8H,1-2,4,6-7H2,(H,12,13). The van der Waals surface area contributed by atoms with Gasteiger partial charge in [0.05, 0.1) is 18.1 Å². The van der Waals surface area contributed by atoms with Gasteiger partial charge in [-0.3, -0.25) is 0 Å². The summed E-state index contributed by atoms with van der Waals surface area (Å²) in [5.41, 5.74) is 0.264.